The summed E-state index contributed by atoms with van der Waals surface area (Å²) in [7, 11) is 1.95. The van der Waals surface area contributed by atoms with E-state index in [2.05, 4.69) is 36.3 Å². The topological polar surface area (TPSA) is 43.8 Å². The molecule has 0 bridgehead atoms. The maximum absolute atomic E-state index is 6.22. The first-order chi connectivity index (χ1) is 8.68. The van der Waals surface area contributed by atoms with Crippen molar-refractivity contribution in [2.45, 2.75) is 32.2 Å². The highest BCUT2D eigenvalue weighted by Gasteiger charge is 2.11. The number of aryl methyl sites for hydroxylation is 2. The summed E-state index contributed by atoms with van der Waals surface area (Å²) in [6, 6.07) is 10.7. The van der Waals surface area contributed by atoms with Crippen molar-refractivity contribution in [2.24, 2.45) is 12.8 Å². The Morgan fingerprint density at radius 3 is 2.61 bits per heavy atom. The minimum atomic E-state index is 0.0995. The second kappa shape index (κ2) is 5.83. The molecule has 2 aromatic rings. The van der Waals surface area contributed by atoms with Gasteiger partial charge in [-0.3, -0.25) is 4.68 Å². The number of rotatable bonds is 5. The molecule has 1 heterocycles. The van der Waals surface area contributed by atoms with Gasteiger partial charge in [0.25, 0.3) is 0 Å². The third-order valence-electron chi connectivity index (χ3n) is 3.50. The van der Waals surface area contributed by atoms with Gasteiger partial charge < -0.3 is 5.73 Å². The summed E-state index contributed by atoms with van der Waals surface area (Å²) in [5, 5.41) is 4.24. The first kappa shape index (κ1) is 12.8. The van der Waals surface area contributed by atoms with Gasteiger partial charge in [0.05, 0.1) is 6.20 Å². The maximum Gasteiger partial charge on any atom is 0.0540 e. The second-order valence-corrected chi connectivity index (χ2v) is 4.79. The van der Waals surface area contributed by atoms with Crippen molar-refractivity contribution >= 4 is 0 Å². The average molecular weight is 243 g/mol. The molecule has 18 heavy (non-hydrogen) atoms. The second-order valence-electron chi connectivity index (χ2n) is 4.79. The van der Waals surface area contributed by atoms with Crippen molar-refractivity contribution < 1.29 is 0 Å². The van der Waals surface area contributed by atoms with E-state index in [1.807, 2.05) is 24.0 Å². The van der Waals surface area contributed by atoms with Gasteiger partial charge in [0, 0.05) is 24.3 Å². The molecule has 0 aliphatic rings. The summed E-state index contributed by atoms with van der Waals surface area (Å²) >= 11 is 0. The molecule has 1 aromatic heterocycles. The smallest absolute Gasteiger partial charge is 0.0540 e. The normalized spacial score (nSPS) is 12.6. The molecular formula is C15H21N3. The first-order valence-corrected chi connectivity index (χ1v) is 6.46. The van der Waals surface area contributed by atoms with Crippen LogP contribution < -0.4 is 5.73 Å². The lowest BCUT2D eigenvalue weighted by Crippen LogP contribution is -2.11. The van der Waals surface area contributed by atoms with E-state index < -0.39 is 0 Å². The van der Waals surface area contributed by atoms with E-state index in [1.54, 1.807) is 0 Å². The Bertz CT molecular complexity index is 488. The van der Waals surface area contributed by atoms with Crippen LogP contribution in [-0.2, 0) is 13.5 Å². The lowest BCUT2D eigenvalue weighted by Gasteiger charge is -2.11. The zero-order chi connectivity index (χ0) is 13.0. The van der Waals surface area contributed by atoms with Crippen molar-refractivity contribution in [3.05, 3.63) is 53.3 Å². The number of benzene rings is 1. The molecule has 1 unspecified atom stereocenters. The minimum Gasteiger partial charge on any atom is -0.324 e. The van der Waals surface area contributed by atoms with Crippen molar-refractivity contribution in [2.75, 3.05) is 0 Å². The molecule has 0 spiro atoms. The maximum atomic E-state index is 6.22. The van der Waals surface area contributed by atoms with E-state index in [0.717, 1.165) is 19.3 Å². The highest BCUT2D eigenvalue weighted by Crippen LogP contribution is 2.19. The molecule has 96 valence electrons. The van der Waals surface area contributed by atoms with Crippen LogP contribution in [0.4, 0.5) is 0 Å². The molecule has 0 fully saturated rings. The SMILES string of the molecule is Cc1c(C(N)CCCc2ccccc2)cnn1C. The summed E-state index contributed by atoms with van der Waals surface area (Å²) in [4.78, 5) is 0. The van der Waals surface area contributed by atoms with E-state index in [1.165, 1.54) is 16.8 Å². The molecule has 1 atom stereocenters. The molecule has 2 N–H and O–H groups in total. The number of nitrogens with two attached hydrogens (primary N) is 1. The molecule has 3 heteroatoms. The Kier molecular flexibility index (Phi) is 4.15. The average Bonchev–Trinajstić information content (AvgIpc) is 2.71. The summed E-state index contributed by atoms with van der Waals surface area (Å²) in [6.07, 6.45) is 5.09. The quantitative estimate of drug-likeness (QED) is 0.877. The van der Waals surface area contributed by atoms with Gasteiger partial charge >= 0.3 is 0 Å². The molecule has 0 aliphatic carbocycles. The summed E-state index contributed by atoms with van der Waals surface area (Å²) in [5.74, 6) is 0. The van der Waals surface area contributed by atoms with Crippen molar-refractivity contribution in [1.82, 2.24) is 9.78 Å². The molecule has 0 aliphatic heterocycles. The molecule has 0 radical (unpaired) electrons. The lowest BCUT2D eigenvalue weighted by atomic mass is 10.0. The summed E-state index contributed by atoms with van der Waals surface area (Å²) in [5.41, 5.74) is 9.94. The Labute approximate surface area is 109 Å². The summed E-state index contributed by atoms with van der Waals surface area (Å²) in [6.45, 7) is 2.07. The van der Waals surface area contributed by atoms with Gasteiger partial charge in [-0.05, 0) is 31.7 Å². The van der Waals surface area contributed by atoms with Crippen LogP contribution in [0.1, 0.15) is 35.7 Å². The van der Waals surface area contributed by atoms with Crippen molar-refractivity contribution in [1.29, 1.82) is 0 Å². The number of hydrogen-bond acceptors (Lipinski definition) is 2. The highest BCUT2D eigenvalue weighted by atomic mass is 15.3. The molecule has 0 saturated carbocycles. The zero-order valence-electron chi connectivity index (χ0n) is 11.1. The van der Waals surface area contributed by atoms with E-state index in [4.69, 9.17) is 5.73 Å². The van der Waals surface area contributed by atoms with Gasteiger partial charge in [-0.2, -0.15) is 5.10 Å². The van der Waals surface area contributed by atoms with Gasteiger partial charge in [0.2, 0.25) is 0 Å². The predicted molar refractivity (Wildman–Crippen MR) is 74.3 cm³/mol. The van der Waals surface area contributed by atoms with Crippen LogP contribution in [0, 0.1) is 6.92 Å². The fourth-order valence-electron chi connectivity index (χ4n) is 2.21. The first-order valence-electron chi connectivity index (χ1n) is 6.46. The van der Waals surface area contributed by atoms with Crippen LogP contribution in [0.2, 0.25) is 0 Å². The van der Waals surface area contributed by atoms with E-state index in [0.29, 0.717) is 0 Å². The standard InChI is InChI=1S/C15H21N3/c1-12-14(11-17-18(12)2)15(16)10-6-9-13-7-4-3-5-8-13/h3-5,7-8,11,15H,6,9-10,16H2,1-2H3. The molecule has 0 amide bonds. The Hall–Kier alpha value is -1.61. The largest absolute Gasteiger partial charge is 0.324 e. The van der Waals surface area contributed by atoms with Crippen LogP contribution in [0.5, 0.6) is 0 Å². The van der Waals surface area contributed by atoms with Gasteiger partial charge in [0.1, 0.15) is 0 Å². The van der Waals surface area contributed by atoms with Gasteiger partial charge in [0.15, 0.2) is 0 Å². The van der Waals surface area contributed by atoms with E-state index in [-0.39, 0.29) is 6.04 Å². The van der Waals surface area contributed by atoms with Gasteiger partial charge in [-0.1, -0.05) is 30.3 Å². The molecule has 0 saturated heterocycles. The third-order valence-corrected chi connectivity index (χ3v) is 3.50. The number of nitrogens with zero attached hydrogens (tertiary/aromatic N) is 2. The fourth-order valence-corrected chi connectivity index (χ4v) is 2.21. The van der Waals surface area contributed by atoms with Crippen LogP contribution in [0.25, 0.3) is 0 Å². The van der Waals surface area contributed by atoms with Crippen molar-refractivity contribution in [3.8, 4) is 0 Å². The van der Waals surface area contributed by atoms with E-state index in [9.17, 15) is 0 Å². The Morgan fingerprint density at radius 2 is 2.00 bits per heavy atom. The zero-order valence-corrected chi connectivity index (χ0v) is 11.1. The number of aromatic nitrogens is 2. The molecular weight excluding hydrogens is 222 g/mol. The third kappa shape index (κ3) is 2.99. The van der Waals surface area contributed by atoms with Gasteiger partial charge in [-0.15, -0.1) is 0 Å². The van der Waals surface area contributed by atoms with Crippen LogP contribution in [-0.4, -0.2) is 9.78 Å². The van der Waals surface area contributed by atoms with Crippen molar-refractivity contribution in [3.63, 3.8) is 0 Å². The summed E-state index contributed by atoms with van der Waals surface area (Å²) < 4.78 is 1.88. The molecule has 2 rings (SSSR count). The monoisotopic (exact) mass is 243 g/mol. The van der Waals surface area contributed by atoms with Gasteiger partial charge in [-0.25, -0.2) is 0 Å². The van der Waals surface area contributed by atoms with Crippen LogP contribution in [0.3, 0.4) is 0 Å². The Balaban J connectivity index is 1.85. The van der Waals surface area contributed by atoms with E-state index >= 15 is 0 Å². The van der Waals surface area contributed by atoms with Crippen LogP contribution >= 0.6 is 0 Å². The lowest BCUT2D eigenvalue weighted by molar-refractivity contribution is 0.606. The minimum absolute atomic E-state index is 0.0995. The predicted octanol–water partition coefficient (Wildman–Crippen LogP) is 2.75. The van der Waals surface area contributed by atoms with Crippen LogP contribution in [0.15, 0.2) is 36.5 Å². The Morgan fingerprint density at radius 1 is 1.28 bits per heavy atom. The molecule has 3 nitrogen and oxygen atoms in total. The fraction of sp³-hybridized carbons (Fsp3) is 0.400. The molecule has 1 aromatic carbocycles. The number of hydrogen-bond donors (Lipinski definition) is 1. The highest BCUT2D eigenvalue weighted by molar-refractivity contribution is 5.20.